The van der Waals surface area contributed by atoms with Gasteiger partial charge in [-0.05, 0) is 67.6 Å². The van der Waals surface area contributed by atoms with Crippen LogP contribution in [0.25, 0.3) is 0 Å². The second-order valence-electron chi connectivity index (χ2n) is 6.54. The predicted molar refractivity (Wildman–Crippen MR) is 74.8 cm³/mol. The van der Waals surface area contributed by atoms with E-state index in [0.717, 1.165) is 23.8 Å². The summed E-state index contributed by atoms with van der Waals surface area (Å²) >= 11 is 0. The third-order valence-electron chi connectivity index (χ3n) is 5.22. The minimum atomic E-state index is -0.711. The Bertz CT molecular complexity index is 482. The Balaban J connectivity index is 1.64. The molecule has 3 heteroatoms. The number of carboxylic acids is 1. The first-order valence-electron chi connectivity index (χ1n) is 7.59. The lowest BCUT2D eigenvalue weighted by Crippen LogP contribution is -2.23. The van der Waals surface area contributed by atoms with Crippen LogP contribution in [0.5, 0.6) is 0 Å². The molecule has 1 aromatic rings. The van der Waals surface area contributed by atoms with E-state index in [-0.39, 0.29) is 11.7 Å². The molecule has 3 rings (SSSR count). The lowest BCUT2D eigenvalue weighted by molar-refractivity contribution is -0.142. The first-order chi connectivity index (χ1) is 9.61. The molecule has 4 atom stereocenters. The molecule has 0 spiro atoms. The van der Waals surface area contributed by atoms with E-state index in [9.17, 15) is 14.3 Å². The predicted octanol–water partition coefficient (Wildman–Crippen LogP) is 3.90. The van der Waals surface area contributed by atoms with Crippen LogP contribution in [0.3, 0.4) is 0 Å². The summed E-state index contributed by atoms with van der Waals surface area (Å²) in [6.45, 7) is 0. The van der Waals surface area contributed by atoms with Gasteiger partial charge < -0.3 is 5.11 Å². The zero-order valence-corrected chi connectivity index (χ0v) is 11.6. The lowest BCUT2D eigenvalue weighted by atomic mass is 9.80. The highest BCUT2D eigenvalue weighted by Crippen LogP contribution is 2.50. The largest absolute Gasteiger partial charge is 0.481 e. The van der Waals surface area contributed by atoms with Gasteiger partial charge in [0, 0.05) is 0 Å². The molecule has 2 fully saturated rings. The first-order valence-corrected chi connectivity index (χ1v) is 7.59. The molecular weight excluding hydrogens is 255 g/mol. The fourth-order valence-electron chi connectivity index (χ4n) is 4.21. The van der Waals surface area contributed by atoms with Gasteiger partial charge in [-0.3, -0.25) is 4.79 Å². The maximum Gasteiger partial charge on any atom is 0.306 e. The topological polar surface area (TPSA) is 37.3 Å². The van der Waals surface area contributed by atoms with E-state index in [1.165, 1.54) is 37.8 Å². The Morgan fingerprint density at radius 3 is 2.55 bits per heavy atom. The Labute approximate surface area is 119 Å². The maximum atomic E-state index is 12.9. The van der Waals surface area contributed by atoms with E-state index in [1.807, 2.05) is 0 Å². The summed E-state index contributed by atoms with van der Waals surface area (Å²) in [5.41, 5.74) is 0.918. The molecule has 20 heavy (non-hydrogen) atoms. The van der Waals surface area contributed by atoms with Crippen molar-refractivity contribution in [3.63, 3.8) is 0 Å². The minimum Gasteiger partial charge on any atom is -0.481 e. The molecule has 0 radical (unpaired) electrons. The molecule has 2 bridgehead atoms. The highest BCUT2D eigenvalue weighted by molar-refractivity contribution is 5.70. The number of carbonyl (C=O) groups is 1. The van der Waals surface area contributed by atoms with Crippen LogP contribution < -0.4 is 0 Å². The van der Waals surface area contributed by atoms with Gasteiger partial charge in [-0.2, -0.15) is 0 Å². The third kappa shape index (κ3) is 2.87. The second kappa shape index (κ2) is 5.55. The Hall–Kier alpha value is -1.38. The number of hydrogen-bond acceptors (Lipinski definition) is 1. The highest BCUT2D eigenvalue weighted by atomic mass is 19.1. The molecule has 108 valence electrons. The summed E-state index contributed by atoms with van der Waals surface area (Å²) < 4.78 is 12.9. The van der Waals surface area contributed by atoms with E-state index in [4.69, 9.17) is 0 Å². The standard InChI is InChI=1S/C17H21FO2/c18-16-5-2-11(3-6-16)7-15(17(19)20)10-14-9-12-1-4-13(14)8-12/h2-3,5-6,12-15H,1,4,7-10H2,(H,19,20). The minimum absolute atomic E-state index is 0.270. The number of aliphatic carboxylic acids is 1. The van der Waals surface area contributed by atoms with Gasteiger partial charge in [-0.15, -0.1) is 0 Å². The van der Waals surface area contributed by atoms with Gasteiger partial charge in [0.25, 0.3) is 0 Å². The van der Waals surface area contributed by atoms with Crippen molar-refractivity contribution >= 4 is 5.97 Å². The van der Waals surface area contributed by atoms with E-state index in [1.54, 1.807) is 12.1 Å². The van der Waals surface area contributed by atoms with Crippen LogP contribution in [-0.4, -0.2) is 11.1 Å². The zero-order valence-electron chi connectivity index (χ0n) is 11.6. The quantitative estimate of drug-likeness (QED) is 0.885. The molecule has 0 aromatic heterocycles. The molecular formula is C17H21FO2. The van der Waals surface area contributed by atoms with Crippen molar-refractivity contribution in [1.29, 1.82) is 0 Å². The highest BCUT2D eigenvalue weighted by Gasteiger charge is 2.40. The first kappa shape index (κ1) is 13.6. The summed E-state index contributed by atoms with van der Waals surface area (Å²) in [7, 11) is 0. The molecule has 2 nitrogen and oxygen atoms in total. The Morgan fingerprint density at radius 1 is 1.25 bits per heavy atom. The summed E-state index contributed by atoms with van der Waals surface area (Å²) in [6.07, 6.45) is 6.47. The summed E-state index contributed by atoms with van der Waals surface area (Å²) in [6, 6.07) is 6.22. The number of benzene rings is 1. The molecule has 0 heterocycles. The molecule has 2 aliphatic carbocycles. The van der Waals surface area contributed by atoms with E-state index >= 15 is 0 Å². The molecule has 1 aromatic carbocycles. The van der Waals surface area contributed by atoms with Crippen molar-refractivity contribution in [1.82, 2.24) is 0 Å². The van der Waals surface area contributed by atoms with Gasteiger partial charge in [0.15, 0.2) is 0 Å². The van der Waals surface area contributed by atoms with Gasteiger partial charge in [-0.1, -0.05) is 18.6 Å². The van der Waals surface area contributed by atoms with Crippen molar-refractivity contribution in [3.05, 3.63) is 35.6 Å². The molecule has 1 N–H and O–H groups in total. The van der Waals surface area contributed by atoms with Crippen molar-refractivity contribution < 1.29 is 14.3 Å². The van der Waals surface area contributed by atoms with E-state index in [2.05, 4.69) is 0 Å². The van der Waals surface area contributed by atoms with Crippen LogP contribution in [-0.2, 0) is 11.2 Å². The van der Waals surface area contributed by atoms with Gasteiger partial charge in [0.1, 0.15) is 5.82 Å². The Kier molecular flexibility index (Phi) is 3.77. The molecule has 4 unspecified atom stereocenters. The van der Waals surface area contributed by atoms with E-state index in [0.29, 0.717) is 12.3 Å². The van der Waals surface area contributed by atoms with Crippen molar-refractivity contribution in [3.8, 4) is 0 Å². The SMILES string of the molecule is O=C(O)C(Cc1ccc(F)cc1)CC1CC2CCC1C2. The number of fused-ring (bicyclic) bond motifs is 2. The van der Waals surface area contributed by atoms with Crippen LogP contribution in [0.4, 0.5) is 4.39 Å². The van der Waals surface area contributed by atoms with Gasteiger partial charge in [-0.25, -0.2) is 4.39 Å². The van der Waals surface area contributed by atoms with Crippen molar-refractivity contribution in [2.24, 2.45) is 23.7 Å². The van der Waals surface area contributed by atoms with Crippen LogP contribution in [0, 0.1) is 29.5 Å². The summed E-state index contributed by atoms with van der Waals surface area (Å²) in [4.78, 5) is 11.5. The zero-order chi connectivity index (χ0) is 14.1. The van der Waals surface area contributed by atoms with Crippen molar-refractivity contribution in [2.45, 2.75) is 38.5 Å². The summed E-state index contributed by atoms with van der Waals surface area (Å²) in [5, 5.41) is 9.45. The molecule has 2 saturated carbocycles. The van der Waals surface area contributed by atoms with E-state index < -0.39 is 5.97 Å². The normalized spacial score (nSPS) is 29.6. The summed E-state index contributed by atoms with van der Waals surface area (Å²) in [5.74, 6) is 0.895. The molecule has 0 amide bonds. The van der Waals surface area contributed by atoms with Crippen LogP contribution in [0.1, 0.15) is 37.7 Å². The van der Waals surface area contributed by atoms with Crippen LogP contribution in [0.15, 0.2) is 24.3 Å². The average molecular weight is 276 g/mol. The van der Waals surface area contributed by atoms with Crippen LogP contribution in [0.2, 0.25) is 0 Å². The third-order valence-corrected chi connectivity index (χ3v) is 5.22. The fourth-order valence-corrected chi connectivity index (χ4v) is 4.21. The fraction of sp³-hybridized carbons (Fsp3) is 0.588. The van der Waals surface area contributed by atoms with Gasteiger partial charge >= 0.3 is 5.97 Å². The molecule has 0 saturated heterocycles. The number of halogens is 1. The molecule has 0 aliphatic heterocycles. The van der Waals surface area contributed by atoms with Crippen molar-refractivity contribution in [2.75, 3.05) is 0 Å². The number of hydrogen-bond donors (Lipinski definition) is 1. The lowest BCUT2D eigenvalue weighted by Gasteiger charge is -2.24. The van der Waals surface area contributed by atoms with Crippen LogP contribution >= 0.6 is 0 Å². The average Bonchev–Trinajstić information content (AvgIpc) is 3.02. The number of carboxylic acid groups (broad SMARTS) is 1. The van der Waals surface area contributed by atoms with Gasteiger partial charge in [0.2, 0.25) is 0 Å². The number of rotatable bonds is 5. The Morgan fingerprint density at radius 2 is 2.00 bits per heavy atom. The molecule has 2 aliphatic rings. The van der Waals surface area contributed by atoms with Gasteiger partial charge in [0.05, 0.1) is 5.92 Å². The monoisotopic (exact) mass is 276 g/mol. The second-order valence-corrected chi connectivity index (χ2v) is 6.54. The smallest absolute Gasteiger partial charge is 0.306 e. The maximum absolute atomic E-state index is 12.9.